The maximum absolute atomic E-state index is 12.4. The summed E-state index contributed by atoms with van der Waals surface area (Å²) in [4.78, 5) is 13.8. The number of alkyl halides is 3. The summed E-state index contributed by atoms with van der Waals surface area (Å²) >= 11 is 5.99. The quantitative estimate of drug-likeness (QED) is 0.898. The molecule has 0 spiro atoms. The highest BCUT2D eigenvalue weighted by molar-refractivity contribution is 6.33. The van der Waals surface area contributed by atoms with Gasteiger partial charge in [0.05, 0.1) is 11.9 Å². The van der Waals surface area contributed by atoms with Gasteiger partial charge in [-0.25, -0.2) is 4.68 Å². The third kappa shape index (κ3) is 3.49. The number of nitrogens with one attached hydrogen (secondary N) is 1. The molecule has 0 aromatic carbocycles. The molecule has 1 N–H and O–H groups in total. The van der Waals surface area contributed by atoms with E-state index in [1.807, 2.05) is 18.7 Å². The zero-order valence-electron chi connectivity index (χ0n) is 11.7. The molecule has 0 amide bonds. The summed E-state index contributed by atoms with van der Waals surface area (Å²) in [6.07, 6.45) is -3.29. The van der Waals surface area contributed by atoms with E-state index in [9.17, 15) is 18.0 Å². The van der Waals surface area contributed by atoms with E-state index in [0.717, 1.165) is 0 Å². The van der Waals surface area contributed by atoms with Crippen LogP contribution in [-0.2, 0) is 6.54 Å². The summed E-state index contributed by atoms with van der Waals surface area (Å²) in [7, 11) is 0. The van der Waals surface area contributed by atoms with E-state index < -0.39 is 18.3 Å². The number of nitrogens with zero attached hydrogens (tertiary/aromatic N) is 3. The van der Waals surface area contributed by atoms with Crippen molar-refractivity contribution in [1.29, 1.82) is 0 Å². The molecule has 1 saturated heterocycles. The zero-order chi connectivity index (χ0) is 15.8. The Kier molecular flexibility index (Phi) is 4.21. The van der Waals surface area contributed by atoms with Gasteiger partial charge in [-0.3, -0.25) is 4.79 Å². The molecule has 0 atom stereocenters. The van der Waals surface area contributed by atoms with Gasteiger partial charge in [0.2, 0.25) is 0 Å². The van der Waals surface area contributed by atoms with Crippen molar-refractivity contribution in [2.45, 2.75) is 32.1 Å². The van der Waals surface area contributed by atoms with Crippen LogP contribution in [0.2, 0.25) is 5.02 Å². The van der Waals surface area contributed by atoms with Crippen molar-refractivity contribution in [3.05, 3.63) is 21.6 Å². The fourth-order valence-electron chi connectivity index (χ4n) is 2.36. The summed E-state index contributed by atoms with van der Waals surface area (Å²) in [6, 6.07) is 0. The Bertz CT molecular complexity index is 585. The van der Waals surface area contributed by atoms with Gasteiger partial charge in [0, 0.05) is 25.2 Å². The van der Waals surface area contributed by atoms with Crippen molar-refractivity contribution in [3.63, 3.8) is 0 Å². The number of rotatable bonds is 2. The first-order chi connectivity index (χ1) is 9.62. The van der Waals surface area contributed by atoms with Crippen molar-refractivity contribution in [2.24, 2.45) is 0 Å². The van der Waals surface area contributed by atoms with Gasteiger partial charge in [-0.2, -0.15) is 18.3 Å². The SMILES string of the molecule is CC1(C)CNCCN1c1cnn(CC(F)(F)F)c(=O)c1Cl. The van der Waals surface area contributed by atoms with E-state index in [1.165, 1.54) is 6.20 Å². The molecule has 2 rings (SSSR count). The van der Waals surface area contributed by atoms with E-state index in [-0.39, 0.29) is 10.6 Å². The molecule has 1 aliphatic heterocycles. The topological polar surface area (TPSA) is 50.2 Å². The smallest absolute Gasteiger partial charge is 0.361 e. The monoisotopic (exact) mass is 324 g/mol. The molecule has 0 aliphatic carbocycles. The van der Waals surface area contributed by atoms with Crippen molar-refractivity contribution in [3.8, 4) is 0 Å². The second-order valence-corrected chi connectivity index (χ2v) is 5.94. The number of piperazine rings is 1. The maximum atomic E-state index is 12.4. The Morgan fingerprint density at radius 1 is 1.48 bits per heavy atom. The molecule has 5 nitrogen and oxygen atoms in total. The fraction of sp³-hybridized carbons (Fsp3) is 0.667. The summed E-state index contributed by atoms with van der Waals surface area (Å²) in [5.41, 5.74) is -0.876. The fourth-order valence-corrected chi connectivity index (χ4v) is 2.61. The number of aromatic nitrogens is 2. The molecule has 1 aromatic rings. The van der Waals surface area contributed by atoms with Gasteiger partial charge in [-0.05, 0) is 13.8 Å². The third-order valence-corrected chi connectivity index (χ3v) is 3.74. The molecule has 118 valence electrons. The Morgan fingerprint density at radius 3 is 2.71 bits per heavy atom. The van der Waals surface area contributed by atoms with Crippen molar-refractivity contribution in [1.82, 2.24) is 15.1 Å². The molecule has 0 bridgehead atoms. The molecule has 0 radical (unpaired) electrons. The van der Waals surface area contributed by atoms with Gasteiger partial charge in [0.25, 0.3) is 5.56 Å². The van der Waals surface area contributed by atoms with Crippen LogP contribution in [0.25, 0.3) is 0 Å². The normalized spacial score (nSPS) is 18.9. The van der Waals surface area contributed by atoms with E-state index in [1.54, 1.807) is 0 Å². The minimum Gasteiger partial charge on any atom is -0.361 e. The molecule has 2 heterocycles. The van der Waals surface area contributed by atoms with Gasteiger partial charge in [-0.1, -0.05) is 11.6 Å². The largest absolute Gasteiger partial charge is 0.408 e. The first kappa shape index (κ1) is 16.1. The van der Waals surface area contributed by atoms with Crippen LogP contribution in [-0.4, -0.2) is 41.1 Å². The van der Waals surface area contributed by atoms with Gasteiger partial charge in [0.1, 0.15) is 11.6 Å². The van der Waals surface area contributed by atoms with E-state index >= 15 is 0 Å². The lowest BCUT2D eigenvalue weighted by molar-refractivity contribution is -0.143. The number of hydrogen-bond donors (Lipinski definition) is 1. The molecule has 9 heteroatoms. The zero-order valence-corrected chi connectivity index (χ0v) is 12.4. The van der Waals surface area contributed by atoms with Crippen LogP contribution in [0, 0.1) is 0 Å². The highest BCUT2D eigenvalue weighted by Gasteiger charge is 2.33. The van der Waals surface area contributed by atoms with Crippen LogP contribution in [0.1, 0.15) is 13.8 Å². The lowest BCUT2D eigenvalue weighted by Crippen LogP contribution is -2.58. The number of halogens is 4. The van der Waals surface area contributed by atoms with Crippen molar-refractivity contribution < 1.29 is 13.2 Å². The molecule has 1 fully saturated rings. The molecule has 0 unspecified atom stereocenters. The molecule has 1 aliphatic rings. The highest BCUT2D eigenvalue weighted by atomic mass is 35.5. The Hall–Kier alpha value is -1.28. The first-order valence-electron chi connectivity index (χ1n) is 6.42. The predicted octanol–water partition coefficient (Wildman–Crippen LogP) is 1.65. The summed E-state index contributed by atoms with van der Waals surface area (Å²) in [5, 5.41) is 6.58. The van der Waals surface area contributed by atoms with Crippen LogP contribution < -0.4 is 15.8 Å². The first-order valence-corrected chi connectivity index (χ1v) is 6.80. The number of hydrogen-bond acceptors (Lipinski definition) is 4. The molecule has 0 saturated carbocycles. The maximum Gasteiger partial charge on any atom is 0.408 e. The second kappa shape index (κ2) is 5.49. The van der Waals surface area contributed by atoms with E-state index in [4.69, 9.17) is 11.6 Å². The van der Waals surface area contributed by atoms with Crippen molar-refractivity contribution in [2.75, 3.05) is 24.5 Å². The van der Waals surface area contributed by atoms with Crippen LogP contribution in [0.3, 0.4) is 0 Å². The van der Waals surface area contributed by atoms with Gasteiger partial charge < -0.3 is 10.2 Å². The summed E-state index contributed by atoms with van der Waals surface area (Å²) in [6.45, 7) is 4.43. The van der Waals surface area contributed by atoms with Gasteiger partial charge in [-0.15, -0.1) is 0 Å². The summed E-state index contributed by atoms with van der Waals surface area (Å²) < 4.78 is 37.4. The third-order valence-electron chi connectivity index (χ3n) is 3.39. The van der Waals surface area contributed by atoms with Gasteiger partial charge in [0.15, 0.2) is 0 Å². The highest BCUT2D eigenvalue weighted by Crippen LogP contribution is 2.29. The van der Waals surface area contributed by atoms with Crippen LogP contribution >= 0.6 is 11.6 Å². The average Bonchev–Trinajstić information content (AvgIpc) is 2.34. The molecule has 1 aromatic heterocycles. The number of anilines is 1. The average molecular weight is 325 g/mol. The van der Waals surface area contributed by atoms with Crippen molar-refractivity contribution >= 4 is 17.3 Å². The Labute approximate surface area is 124 Å². The van der Waals surface area contributed by atoms with Gasteiger partial charge >= 0.3 is 6.18 Å². The summed E-state index contributed by atoms with van der Waals surface area (Å²) in [5.74, 6) is 0. The second-order valence-electron chi connectivity index (χ2n) is 5.56. The predicted molar refractivity (Wildman–Crippen MR) is 73.9 cm³/mol. The van der Waals surface area contributed by atoms with Crippen LogP contribution in [0.4, 0.5) is 18.9 Å². The Morgan fingerprint density at radius 2 is 2.14 bits per heavy atom. The van der Waals surface area contributed by atoms with Crippen LogP contribution in [0.5, 0.6) is 0 Å². The minimum absolute atomic E-state index is 0.232. The van der Waals surface area contributed by atoms with E-state index in [0.29, 0.717) is 30.0 Å². The Balaban J connectivity index is 2.39. The van der Waals surface area contributed by atoms with Crippen LogP contribution in [0.15, 0.2) is 11.0 Å². The minimum atomic E-state index is -4.52. The lowest BCUT2D eigenvalue weighted by atomic mass is 9.99. The van der Waals surface area contributed by atoms with E-state index in [2.05, 4.69) is 10.4 Å². The standard InChI is InChI=1S/C12H16ClF3N4O/c1-11(2)6-17-3-4-19(11)8-5-18-20(7-12(14,15)16)10(21)9(8)13/h5,17H,3-4,6-7H2,1-2H3. The molecular weight excluding hydrogens is 309 g/mol. The lowest BCUT2D eigenvalue weighted by Gasteiger charge is -2.44. The molecular formula is C12H16ClF3N4O. The molecule has 21 heavy (non-hydrogen) atoms.